The normalized spacial score (nSPS) is 16.9. The number of carbonyl (C=O) groups is 2. The number of aromatic nitrogens is 2. The highest BCUT2D eigenvalue weighted by Crippen LogP contribution is 2.44. The molecule has 1 N–H and O–H groups in total. The van der Waals surface area contributed by atoms with Crippen molar-refractivity contribution in [2.45, 2.75) is 16.1 Å². The molecule has 1 saturated heterocycles. The van der Waals surface area contributed by atoms with Gasteiger partial charge in [-0.1, -0.05) is 95.9 Å². The Morgan fingerprint density at radius 3 is 2.44 bits per heavy atom. The van der Waals surface area contributed by atoms with Crippen LogP contribution < -0.4 is 9.64 Å². The van der Waals surface area contributed by atoms with Gasteiger partial charge >= 0.3 is 5.91 Å². The molecule has 1 atom stereocenters. The summed E-state index contributed by atoms with van der Waals surface area (Å²) in [5.41, 5.74) is 2.19. The molecule has 0 radical (unpaired) electrons. The fourth-order valence-corrected chi connectivity index (χ4v) is 5.81. The molecule has 1 aromatic heterocycles. The monoisotopic (exact) mass is 515 g/mol. The van der Waals surface area contributed by atoms with Gasteiger partial charge in [-0.15, -0.1) is 10.2 Å². The maximum Gasteiger partial charge on any atom is 0.301 e. The Hall–Kier alpha value is -3.95. The van der Waals surface area contributed by atoms with Crippen molar-refractivity contribution in [1.82, 2.24) is 10.2 Å². The Morgan fingerprint density at radius 2 is 1.72 bits per heavy atom. The number of methoxy groups -OCH3 is 1. The van der Waals surface area contributed by atoms with Crippen LogP contribution in [0.2, 0.25) is 0 Å². The van der Waals surface area contributed by atoms with Gasteiger partial charge in [-0.05, 0) is 23.3 Å². The predicted octanol–water partition coefficient (Wildman–Crippen LogP) is 5.47. The van der Waals surface area contributed by atoms with Crippen LogP contribution in [-0.2, 0) is 15.3 Å². The molecule has 2 heterocycles. The maximum atomic E-state index is 13.3. The zero-order valence-electron chi connectivity index (χ0n) is 19.2. The number of amides is 1. The number of hydrogen-bond acceptors (Lipinski definition) is 8. The van der Waals surface area contributed by atoms with E-state index in [9.17, 15) is 14.7 Å². The average molecular weight is 516 g/mol. The second kappa shape index (κ2) is 10.3. The van der Waals surface area contributed by atoms with Crippen LogP contribution in [0.1, 0.15) is 22.7 Å². The number of Topliss-reactive ketones (excluding diaryl/α,β-unsaturated/α-hetero) is 1. The number of benzene rings is 3. The minimum Gasteiger partial charge on any atom is -0.507 e. The number of rotatable bonds is 7. The quantitative estimate of drug-likeness (QED) is 0.115. The van der Waals surface area contributed by atoms with E-state index in [-0.39, 0.29) is 16.5 Å². The third-order valence-electron chi connectivity index (χ3n) is 5.71. The number of hydrogen-bond donors (Lipinski definition) is 1. The molecule has 0 saturated carbocycles. The van der Waals surface area contributed by atoms with E-state index in [1.165, 1.54) is 28.0 Å². The van der Waals surface area contributed by atoms with E-state index >= 15 is 0 Å². The standard InChI is InChI=1S/C27H21N3O4S2/c1-34-20-14-8-13-19(15-20)22-21(23(31)18-11-6-3-7-12-18)24(32)25(33)30(22)26-28-29-27(36-26)35-16-17-9-4-2-5-10-17/h2-15,22,31H,16H2,1H3/b23-21-. The molecule has 1 aliphatic heterocycles. The first-order valence-corrected chi connectivity index (χ1v) is 12.9. The van der Waals surface area contributed by atoms with Crippen LogP contribution in [0.15, 0.2) is 94.8 Å². The van der Waals surface area contributed by atoms with Gasteiger partial charge in [0.05, 0.1) is 18.7 Å². The second-order valence-electron chi connectivity index (χ2n) is 7.94. The maximum absolute atomic E-state index is 13.3. The molecule has 1 amide bonds. The number of aliphatic hydroxyl groups is 1. The first-order valence-electron chi connectivity index (χ1n) is 11.1. The SMILES string of the molecule is COc1cccc(C2/C(=C(/O)c3ccccc3)C(=O)C(=O)N2c2nnc(SCc3ccccc3)s2)c1. The molecule has 0 spiro atoms. The third kappa shape index (κ3) is 4.62. The van der Waals surface area contributed by atoms with Crippen molar-refractivity contribution in [3.63, 3.8) is 0 Å². The Labute approximate surface area is 216 Å². The van der Waals surface area contributed by atoms with E-state index in [0.29, 0.717) is 27.0 Å². The summed E-state index contributed by atoms with van der Waals surface area (Å²) < 4.78 is 6.04. The molecule has 0 bridgehead atoms. The summed E-state index contributed by atoms with van der Waals surface area (Å²) in [5, 5.41) is 19.9. The minimum atomic E-state index is -0.889. The fraction of sp³-hybridized carbons (Fsp3) is 0.111. The van der Waals surface area contributed by atoms with Crippen LogP contribution in [0.25, 0.3) is 5.76 Å². The molecule has 1 fully saturated rings. The zero-order chi connectivity index (χ0) is 25.1. The summed E-state index contributed by atoms with van der Waals surface area (Å²) in [6.07, 6.45) is 0. The van der Waals surface area contributed by atoms with Gasteiger partial charge in [-0.3, -0.25) is 14.5 Å². The fourth-order valence-electron chi connectivity index (χ4n) is 3.99. The van der Waals surface area contributed by atoms with Crippen LogP contribution in [0.4, 0.5) is 5.13 Å². The van der Waals surface area contributed by atoms with Gasteiger partial charge in [-0.2, -0.15) is 0 Å². The summed E-state index contributed by atoms with van der Waals surface area (Å²) in [6.45, 7) is 0. The second-order valence-corrected chi connectivity index (χ2v) is 10.1. The van der Waals surface area contributed by atoms with Gasteiger partial charge < -0.3 is 9.84 Å². The number of thioether (sulfide) groups is 1. The average Bonchev–Trinajstić information content (AvgIpc) is 3.50. The van der Waals surface area contributed by atoms with Gasteiger partial charge in [0.2, 0.25) is 5.13 Å². The summed E-state index contributed by atoms with van der Waals surface area (Å²) in [7, 11) is 1.54. The molecule has 1 unspecified atom stereocenters. The number of aliphatic hydroxyl groups excluding tert-OH is 1. The van der Waals surface area contributed by atoms with Crippen LogP contribution in [-0.4, -0.2) is 34.1 Å². The number of anilines is 1. The molecular weight excluding hydrogens is 494 g/mol. The summed E-state index contributed by atoms with van der Waals surface area (Å²) in [5.74, 6) is -0.530. The van der Waals surface area contributed by atoms with Crippen LogP contribution in [0.5, 0.6) is 5.75 Å². The van der Waals surface area contributed by atoms with Gasteiger partial charge in [-0.25, -0.2) is 0 Å². The lowest BCUT2D eigenvalue weighted by Gasteiger charge is -2.22. The Kier molecular flexibility index (Phi) is 6.84. The topological polar surface area (TPSA) is 92.6 Å². The molecule has 7 nitrogen and oxygen atoms in total. The number of nitrogens with zero attached hydrogens (tertiary/aromatic N) is 3. The molecule has 9 heteroatoms. The molecule has 3 aromatic carbocycles. The van der Waals surface area contributed by atoms with Gasteiger partial charge in [0.25, 0.3) is 5.78 Å². The largest absolute Gasteiger partial charge is 0.507 e. The molecule has 0 aliphatic carbocycles. The summed E-state index contributed by atoms with van der Waals surface area (Å²) in [4.78, 5) is 27.9. The van der Waals surface area contributed by atoms with Gasteiger partial charge in [0, 0.05) is 11.3 Å². The van der Waals surface area contributed by atoms with Crippen LogP contribution >= 0.6 is 23.1 Å². The summed E-state index contributed by atoms with van der Waals surface area (Å²) >= 11 is 2.73. The number of ketones is 1. The molecule has 180 valence electrons. The van der Waals surface area contributed by atoms with Crippen molar-refractivity contribution in [2.24, 2.45) is 0 Å². The van der Waals surface area contributed by atoms with E-state index in [2.05, 4.69) is 10.2 Å². The van der Waals surface area contributed by atoms with E-state index in [0.717, 1.165) is 5.56 Å². The van der Waals surface area contributed by atoms with Crippen LogP contribution in [0, 0.1) is 0 Å². The lowest BCUT2D eigenvalue weighted by molar-refractivity contribution is -0.132. The van der Waals surface area contributed by atoms with Crippen molar-refractivity contribution in [3.05, 3.63) is 107 Å². The molecule has 4 aromatic rings. The molecule has 5 rings (SSSR count). The highest BCUT2D eigenvalue weighted by atomic mass is 32.2. The smallest absolute Gasteiger partial charge is 0.301 e. The van der Waals surface area contributed by atoms with Crippen molar-refractivity contribution in [2.75, 3.05) is 12.0 Å². The van der Waals surface area contributed by atoms with Crippen molar-refractivity contribution in [3.8, 4) is 5.75 Å². The lowest BCUT2D eigenvalue weighted by Crippen LogP contribution is -2.29. The summed E-state index contributed by atoms with van der Waals surface area (Å²) in [6, 6.07) is 24.9. The highest BCUT2D eigenvalue weighted by Gasteiger charge is 2.48. The number of carbonyl (C=O) groups excluding carboxylic acids is 2. The minimum absolute atomic E-state index is 0.00635. The predicted molar refractivity (Wildman–Crippen MR) is 140 cm³/mol. The van der Waals surface area contributed by atoms with Crippen LogP contribution in [0.3, 0.4) is 0 Å². The first kappa shape index (κ1) is 23.8. The van der Waals surface area contributed by atoms with Crippen molar-refractivity contribution in [1.29, 1.82) is 0 Å². The highest BCUT2D eigenvalue weighted by molar-refractivity contribution is 8.00. The molecule has 36 heavy (non-hydrogen) atoms. The van der Waals surface area contributed by atoms with Gasteiger partial charge in [0.15, 0.2) is 4.34 Å². The Morgan fingerprint density at radius 1 is 1.00 bits per heavy atom. The lowest BCUT2D eigenvalue weighted by atomic mass is 9.95. The van der Waals surface area contributed by atoms with E-state index in [4.69, 9.17) is 4.74 Å². The molecular formula is C27H21N3O4S2. The third-order valence-corrected chi connectivity index (χ3v) is 7.84. The van der Waals surface area contributed by atoms with E-state index in [1.54, 1.807) is 55.6 Å². The van der Waals surface area contributed by atoms with E-state index in [1.807, 2.05) is 36.4 Å². The van der Waals surface area contributed by atoms with Crippen molar-refractivity contribution < 1.29 is 19.4 Å². The zero-order valence-corrected chi connectivity index (χ0v) is 20.8. The van der Waals surface area contributed by atoms with Crippen molar-refractivity contribution >= 4 is 45.7 Å². The Balaban J connectivity index is 1.56. The van der Waals surface area contributed by atoms with E-state index < -0.39 is 17.7 Å². The first-order chi connectivity index (χ1) is 17.6. The Bertz CT molecular complexity index is 1440. The number of ether oxygens (including phenoxy) is 1. The van der Waals surface area contributed by atoms with Gasteiger partial charge in [0.1, 0.15) is 11.5 Å². The molecule has 1 aliphatic rings.